The molecule has 6 heteroatoms. The fourth-order valence-electron chi connectivity index (χ4n) is 2.30. The van der Waals surface area contributed by atoms with Crippen LogP contribution < -0.4 is 5.32 Å². The Kier molecular flexibility index (Phi) is 4.88. The Labute approximate surface area is 132 Å². The van der Waals surface area contributed by atoms with E-state index in [4.69, 9.17) is 4.74 Å². The zero-order valence-electron chi connectivity index (χ0n) is 12.5. The molecule has 0 saturated carbocycles. The van der Waals surface area contributed by atoms with Gasteiger partial charge in [0, 0.05) is 25.2 Å². The molecule has 0 aliphatic carbocycles. The average Bonchev–Trinajstić information content (AvgIpc) is 2.40. The fourth-order valence-corrected chi connectivity index (χ4v) is 2.68. The number of hydrogen-bond donors (Lipinski definition) is 1. The molecule has 1 heterocycles. The van der Waals surface area contributed by atoms with E-state index >= 15 is 0 Å². The Hall–Kier alpha value is -1.14. The first-order valence-electron chi connectivity index (χ1n) is 6.94. The van der Waals surface area contributed by atoms with Crippen LogP contribution in [0.1, 0.15) is 32.4 Å². The van der Waals surface area contributed by atoms with E-state index in [2.05, 4.69) is 21.2 Å². The van der Waals surface area contributed by atoms with Crippen molar-refractivity contribution in [1.82, 2.24) is 10.2 Å². The molecule has 0 bridgehead atoms. The van der Waals surface area contributed by atoms with Crippen LogP contribution >= 0.6 is 15.9 Å². The third-order valence-corrected chi connectivity index (χ3v) is 3.82. The largest absolute Gasteiger partial charge is 0.444 e. The van der Waals surface area contributed by atoms with Crippen LogP contribution in [-0.4, -0.2) is 36.2 Å². The molecule has 0 spiro atoms. The van der Waals surface area contributed by atoms with Crippen LogP contribution in [0.5, 0.6) is 0 Å². The number of piperazine rings is 1. The van der Waals surface area contributed by atoms with Gasteiger partial charge in [-0.2, -0.15) is 0 Å². The average molecular weight is 359 g/mol. The van der Waals surface area contributed by atoms with Gasteiger partial charge in [0.15, 0.2) is 0 Å². The molecule has 2 rings (SSSR count). The van der Waals surface area contributed by atoms with Gasteiger partial charge in [-0.05, 0) is 42.8 Å². The molecular formula is C15H20BrFN2O2. The van der Waals surface area contributed by atoms with Gasteiger partial charge in [-0.3, -0.25) is 4.90 Å². The maximum absolute atomic E-state index is 14.3. The number of carbonyl (C=O) groups is 1. The second kappa shape index (κ2) is 6.32. The van der Waals surface area contributed by atoms with Crippen molar-refractivity contribution in [3.8, 4) is 0 Å². The summed E-state index contributed by atoms with van der Waals surface area (Å²) in [5, 5.41) is 3.20. The van der Waals surface area contributed by atoms with Crippen molar-refractivity contribution in [1.29, 1.82) is 0 Å². The number of rotatable bonds is 1. The summed E-state index contributed by atoms with van der Waals surface area (Å²) in [4.78, 5) is 13.9. The molecule has 1 aliphatic rings. The number of amides is 1. The summed E-state index contributed by atoms with van der Waals surface area (Å²) in [6.45, 7) is 7.13. The minimum atomic E-state index is -0.567. The molecule has 4 nitrogen and oxygen atoms in total. The smallest absolute Gasteiger partial charge is 0.410 e. The van der Waals surface area contributed by atoms with Gasteiger partial charge in [0.2, 0.25) is 0 Å². The Morgan fingerprint density at radius 1 is 1.48 bits per heavy atom. The second-order valence-corrected chi connectivity index (χ2v) is 6.89. The van der Waals surface area contributed by atoms with Crippen LogP contribution in [0.4, 0.5) is 9.18 Å². The zero-order valence-corrected chi connectivity index (χ0v) is 14.0. The molecule has 1 aliphatic heterocycles. The van der Waals surface area contributed by atoms with E-state index in [0.717, 1.165) is 0 Å². The van der Waals surface area contributed by atoms with Crippen molar-refractivity contribution >= 4 is 22.0 Å². The number of hydrogen-bond acceptors (Lipinski definition) is 3. The van der Waals surface area contributed by atoms with Gasteiger partial charge in [0.25, 0.3) is 0 Å². The van der Waals surface area contributed by atoms with Gasteiger partial charge in [-0.25, -0.2) is 9.18 Å². The molecule has 0 aromatic heterocycles. The topological polar surface area (TPSA) is 41.6 Å². The lowest BCUT2D eigenvalue weighted by Gasteiger charge is -2.37. The molecule has 1 aromatic carbocycles. The third kappa shape index (κ3) is 3.95. The van der Waals surface area contributed by atoms with Crippen LogP contribution in [0.2, 0.25) is 0 Å². The van der Waals surface area contributed by atoms with Crippen LogP contribution in [0.3, 0.4) is 0 Å². The summed E-state index contributed by atoms with van der Waals surface area (Å²) in [5.41, 5.74) is -0.0788. The maximum Gasteiger partial charge on any atom is 0.410 e. The van der Waals surface area contributed by atoms with Gasteiger partial charge in [-0.1, -0.05) is 12.1 Å². The Bertz CT molecular complexity index is 531. The quantitative estimate of drug-likeness (QED) is 0.835. The van der Waals surface area contributed by atoms with Gasteiger partial charge in [0.05, 0.1) is 10.5 Å². The zero-order chi connectivity index (χ0) is 15.6. The van der Waals surface area contributed by atoms with Crippen LogP contribution in [0.25, 0.3) is 0 Å². The number of benzene rings is 1. The predicted octanol–water partition coefficient (Wildman–Crippen LogP) is 3.47. The van der Waals surface area contributed by atoms with Gasteiger partial charge in [-0.15, -0.1) is 0 Å². The minimum absolute atomic E-state index is 0.334. The SMILES string of the molecule is CC(C)(C)OC(=O)N1CCNCC1c1cccc(Br)c1F. The van der Waals surface area contributed by atoms with E-state index in [1.165, 1.54) is 0 Å². The highest BCUT2D eigenvalue weighted by atomic mass is 79.9. The highest BCUT2D eigenvalue weighted by Gasteiger charge is 2.33. The molecule has 116 valence electrons. The Morgan fingerprint density at radius 2 is 2.19 bits per heavy atom. The Balaban J connectivity index is 2.27. The summed E-state index contributed by atoms with van der Waals surface area (Å²) in [7, 11) is 0. The normalized spacial score (nSPS) is 19.5. The first-order valence-corrected chi connectivity index (χ1v) is 7.73. The molecular weight excluding hydrogens is 339 g/mol. The van der Waals surface area contributed by atoms with E-state index in [1.54, 1.807) is 23.1 Å². The van der Waals surface area contributed by atoms with Gasteiger partial charge in [0.1, 0.15) is 11.4 Å². The van der Waals surface area contributed by atoms with Gasteiger partial charge < -0.3 is 10.1 Å². The summed E-state index contributed by atoms with van der Waals surface area (Å²) in [6.07, 6.45) is -0.409. The lowest BCUT2D eigenvalue weighted by atomic mass is 10.0. The van der Waals surface area contributed by atoms with Crippen molar-refractivity contribution in [3.63, 3.8) is 0 Å². The van der Waals surface area contributed by atoms with E-state index in [1.807, 2.05) is 20.8 Å². The summed E-state index contributed by atoms with van der Waals surface area (Å²) < 4.78 is 20.1. The molecule has 1 atom stereocenters. The standard InChI is InChI=1S/C15H20BrFN2O2/c1-15(2,3)21-14(20)19-8-7-18-9-12(19)10-5-4-6-11(16)13(10)17/h4-6,12,18H,7-9H2,1-3H3. The van der Waals surface area contributed by atoms with Crippen LogP contribution in [-0.2, 0) is 4.74 Å². The number of halogens is 2. The van der Waals surface area contributed by atoms with E-state index in [0.29, 0.717) is 29.7 Å². The van der Waals surface area contributed by atoms with Crippen LogP contribution in [0.15, 0.2) is 22.7 Å². The monoisotopic (exact) mass is 358 g/mol. The molecule has 0 radical (unpaired) electrons. The summed E-state index contributed by atoms with van der Waals surface area (Å²) >= 11 is 3.19. The Morgan fingerprint density at radius 3 is 2.86 bits per heavy atom. The van der Waals surface area contributed by atoms with Crippen molar-refractivity contribution < 1.29 is 13.9 Å². The molecule has 1 N–H and O–H groups in total. The minimum Gasteiger partial charge on any atom is -0.444 e. The van der Waals surface area contributed by atoms with Gasteiger partial charge >= 0.3 is 6.09 Å². The lowest BCUT2D eigenvalue weighted by Crippen LogP contribution is -2.50. The molecule has 1 amide bonds. The molecule has 21 heavy (non-hydrogen) atoms. The second-order valence-electron chi connectivity index (χ2n) is 6.04. The van der Waals surface area contributed by atoms with E-state index < -0.39 is 11.7 Å². The maximum atomic E-state index is 14.3. The molecule has 1 unspecified atom stereocenters. The molecule has 1 aromatic rings. The fraction of sp³-hybridized carbons (Fsp3) is 0.533. The number of ether oxygens (including phenoxy) is 1. The van der Waals surface area contributed by atoms with E-state index in [9.17, 15) is 9.18 Å². The van der Waals surface area contributed by atoms with Crippen molar-refractivity contribution in [2.75, 3.05) is 19.6 Å². The summed E-state index contributed by atoms with van der Waals surface area (Å²) in [5.74, 6) is -0.334. The first kappa shape index (κ1) is 16.2. The van der Waals surface area contributed by atoms with Crippen molar-refractivity contribution in [3.05, 3.63) is 34.1 Å². The lowest BCUT2D eigenvalue weighted by molar-refractivity contribution is 0.0114. The number of nitrogens with one attached hydrogen (secondary N) is 1. The highest BCUT2D eigenvalue weighted by molar-refractivity contribution is 9.10. The van der Waals surface area contributed by atoms with Crippen molar-refractivity contribution in [2.45, 2.75) is 32.4 Å². The number of nitrogens with zero attached hydrogens (tertiary/aromatic N) is 1. The van der Waals surface area contributed by atoms with Crippen molar-refractivity contribution in [2.24, 2.45) is 0 Å². The first-order chi connectivity index (χ1) is 9.79. The van der Waals surface area contributed by atoms with E-state index in [-0.39, 0.29) is 11.9 Å². The highest BCUT2D eigenvalue weighted by Crippen LogP contribution is 2.29. The predicted molar refractivity (Wildman–Crippen MR) is 82.7 cm³/mol. The third-order valence-electron chi connectivity index (χ3n) is 3.21. The summed E-state index contributed by atoms with van der Waals surface area (Å²) in [6, 6.07) is 4.75. The number of carbonyl (C=O) groups excluding carboxylic acids is 1. The van der Waals surface area contributed by atoms with Crippen LogP contribution in [0, 0.1) is 5.82 Å². The molecule has 1 saturated heterocycles. The molecule has 1 fully saturated rings.